The van der Waals surface area contributed by atoms with Gasteiger partial charge in [-0.15, -0.1) is 0 Å². The number of rotatable bonds is 6. The van der Waals surface area contributed by atoms with Crippen molar-refractivity contribution in [2.75, 3.05) is 6.61 Å². The number of imidazole rings is 1. The number of hydrogen-bond donors (Lipinski definition) is 1. The first kappa shape index (κ1) is 12.7. The van der Waals surface area contributed by atoms with E-state index in [1.807, 2.05) is 11.5 Å². The highest BCUT2D eigenvalue weighted by molar-refractivity contribution is 5.69. The van der Waals surface area contributed by atoms with Gasteiger partial charge in [0.05, 0.1) is 25.0 Å². The molecule has 0 saturated heterocycles. The first-order chi connectivity index (χ1) is 7.69. The Kier molecular flexibility index (Phi) is 4.98. The maximum absolute atomic E-state index is 11.2. The molecule has 0 amide bonds. The van der Waals surface area contributed by atoms with Gasteiger partial charge >= 0.3 is 5.97 Å². The van der Waals surface area contributed by atoms with E-state index in [2.05, 4.69) is 4.98 Å². The normalized spacial score (nSPS) is 12.4. The summed E-state index contributed by atoms with van der Waals surface area (Å²) in [5, 5.41) is 0. The van der Waals surface area contributed by atoms with Gasteiger partial charge in [-0.25, -0.2) is 4.98 Å². The van der Waals surface area contributed by atoms with E-state index in [0.29, 0.717) is 19.6 Å². The summed E-state index contributed by atoms with van der Waals surface area (Å²) in [5.74, 6) is -0.188. The van der Waals surface area contributed by atoms with Crippen LogP contribution in [0.3, 0.4) is 0 Å². The molecular weight excluding hydrogens is 206 g/mol. The lowest BCUT2D eigenvalue weighted by molar-refractivity contribution is -0.143. The minimum atomic E-state index is -0.188. The lowest BCUT2D eigenvalue weighted by Crippen LogP contribution is -2.16. The van der Waals surface area contributed by atoms with Crippen molar-refractivity contribution in [3.8, 4) is 0 Å². The molecule has 0 spiro atoms. The summed E-state index contributed by atoms with van der Waals surface area (Å²) in [4.78, 5) is 15.2. The minimum Gasteiger partial charge on any atom is -0.466 e. The van der Waals surface area contributed by atoms with E-state index in [1.165, 1.54) is 0 Å². The second-order valence-corrected chi connectivity index (χ2v) is 3.58. The largest absolute Gasteiger partial charge is 0.466 e. The second kappa shape index (κ2) is 6.27. The van der Waals surface area contributed by atoms with Gasteiger partial charge in [0.25, 0.3) is 0 Å². The lowest BCUT2D eigenvalue weighted by atomic mass is 10.2. The van der Waals surface area contributed by atoms with Gasteiger partial charge in [0.2, 0.25) is 0 Å². The molecule has 90 valence electrons. The average molecular weight is 225 g/mol. The van der Waals surface area contributed by atoms with Crippen LogP contribution in [0.2, 0.25) is 0 Å². The Bertz CT molecular complexity index is 336. The van der Waals surface area contributed by atoms with Gasteiger partial charge in [0, 0.05) is 18.8 Å². The Morgan fingerprint density at radius 3 is 3.00 bits per heavy atom. The Morgan fingerprint density at radius 2 is 2.38 bits per heavy atom. The van der Waals surface area contributed by atoms with Crippen LogP contribution in [-0.4, -0.2) is 22.1 Å². The zero-order chi connectivity index (χ0) is 12.0. The number of ether oxygens (including phenoxy) is 1. The van der Waals surface area contributed by atoms with Gasteiger partial charge in [-0.3, -0.25) is 4.79 Å². The van der Waals surface area contributed by atoms with Crippen molar-refractivity contribution >= 4 is 5.97 Å². The Labute approximate surface area is 95.6 Å². The summed E-state index contributed by atoms with van der Waals surface area (Å²) in [5.41, 5.74) is 6.89. The number of esters is 1. The molecule has 16 heavy (non-hydrogen) atoms. The fraction of sp³-hybridized carbons (Fsp3) is 0.636. The highest BCUT2D eigenvalue weighted by Crippen LogP contribution is 2.13. The Morgan fingerprint density at radius 1 is 1.62 bits per heavy atom. The Hall–Kier alpha value is -1.36. The van der Waals surface area contributed by atoms with E-state index in [1.54, 1.807) is 19.4 Å². The molecule has 0 aromatic carbocycles. The maximum atomic E-state index is 11.2. The molecule has 0 aliphatic heterocycles. The molecule has 1 rings (SSSR count). The number of carbonyl (C=O) groups excluding carboxylic acids is 1. The molecule has 0 aliphatic carbocycles. The quantitative estimate of drug-likeness (QED) is 0.740. The molecule has 5 nitrogen and oxygen atoms in total. The zero-order valence-electron chi connectivity index (χ0n) is 9.85. The first-order valence-electron chi connectivity index (χ1n) is 5.60. The van der Waals surface area contributed by atoms with E-state index < -0.39 is 0 Å². The third-order valence-electron chi connectivity index (χ3n) is 2.43. The summed E-state index contributed by atoms with van der Waals surface area (Å²) >= 11 is 0. The number of aromatic nitrogens is 2. The van der Waals surface area contributed by atoms with Crippen LogP contribution in [0, 0.1) is 0 Å². The monoisotopic (exact) mass is 225 g/mol. The third-order valence-corrected chi connectivity index (χ3v) is 2.43. The van der Waals surface area contributed by atoms with Crippen LogP contribution in [0.15, 0.2) is 12.5 Å². The van der Waals surface area contributed by atoms with E-state index in [0.717, 1.165) is 12.1 Å². The molecule has 0 saturated carbocycles. The molecule has 1 heterocycles. The number of hydrogen-bond acceptors (Lipinski definition) is 4. The van der Waals surface area contributed by atoms with Crippen molar-refractivity contribution in [2.45, 2.75) is 39.3 Å². The summed E-state index contributed by atoms with van der Waals surface area (Å²) in [6.45, 7) is 4.81. The first-order valence-corrected chi connectivity index (χ1v) is 5.60. The molecule has 0 unspecified atom stereocenters. The predicted molar refractivity (Wildman–Crippen MR) is 60.7 cm³/mol. The highest BCUT2D eigenvalue weighted by Gasteiger charge is 2.10. The van der Waals surface area contributed by atoms with E-state index in [-0.39, 0.29) is 12.0 Å². The highest BCUT2D eigenvalue weighted by atomic mass is 16.5. The van der Waals surface area contributed by atoms with Gasteiger partial charge in [-0.05, 0) is 13.3 Å². The summed E-state index contributed by atoms with van der Waals surface area (Å²) in [6, 6.07) is -0.0234. The Balaban J connectivity index is 2.54. The maximum Gasteiger partial charge on any atom is 0.307 e. The van der Waals surface area contributed by atoms with Gasteiger partial charge in [-0.2, -0.15) is 0 Å². The van der Waals surface area contributed by atoms with Crippen LogP contribution in [0.5, 0.6) is 0 Å². The van der Waals surface area contributed by atoms with Crippen LogP contribution in [0.4, 0.5) is 0 Å². The van der Waals surface area contributed by atoms with Crippen molar-refractivity contribution in [3.63, 3.8) is 0 Å². The fourth-order valence-electron chi connectivity index (χ4n) is 1.48. The number of nitrogens with zero attached hydrogens (tertiary/aromatic N) is 2. The molecule has 0 aliphatic rings. The van der Waals surface area contributed by atoms with Crippen molar-refractivity contribution in [1.82, 2.24) is 9.55 Å². The average Bonchev–Trinajstić information content (AvgIpc) is 2.74. The molecule has 5 heteroatoms. The molecule has 1 atom stereocenters. The van der Waals surface area contributed by atoms with E-state index in [4.69, 9.17) is 10.5 Å². The molecule has 0 radical (unpaired) electrons. The molecule has 1 aromatic rings. The summed E-state index contributed by atoms with van der Waals surface area (Å²) in [6.07, 6.45) is 4.65. The molecular formula is C11H19N3O2. The fourth-order valence-corrected chi connectivity index (χ4v) is 1.48. The van der Waals surface area contributed by atoms with Gasteiger partial charge in [0.15, 0.2) is 0 Å². The van der Waals surface area contributed by atoms with Crippen LogP contribution >= 0.6 is 0 Å². The predicted octanol–water partition coefficient (Wildman–Crippen LogP) is 1.25. The van der Waals surface area contributed by atoms with E-state index >= 15 is 0 Å². The van der Waals surface area contributed by atoms with Crippen LogP contribution in [0.1, 0.15) is 38.4 Å². The van der Waals surface area contributed by atoms with Gasteiger partial charge in [0.1, 0.15) is 0 Å². The lowest BCUT2D eigenvalue weighted by Gasteiger charge is -2.12. The molecule has 0 fully saturated rings. The molecule has 2 N–H and O–H groups in total. The smallest absolute Gasteiger partial charge is 0.307 e. The standard InChI is InChI=1S/C11H19N3O2/c1-3-9(12)10-7-13-8-14(10)6-5-11(15)16-4-2/h7-9H,3-6,12H2,1-2H3/t9-/m1/s1. The van der Waals surface area contributed by atoms with Crippen LogP contribution in [0.25, 0.3) is 0 Å². The topological polar surface area (TPSA) is 70.1 Å². The SMILES string of the molecule is CCOC(=O)CCn1cncc1[C@H](N)CC. The van der Waals surface area contributed by atoms with Gasteiger partial charge in [-0.1, -0.05) is 6.92 Å². The van der Waals surface area contributed by atoms with Crippen molar-refractivity contribution in [1.29, 1.82) is 0 Å². The molecule has 0 bridgehead atoms. The van der Waals surface area contributed by atoms with Crippen LogP contribution < -0.4 is 5.73 Å². The summed E-state index contributed by atoms with van der Waals surface area (Å²) in [7, 11) is 0. The third kappa shape index (κ3) is 3.34. The van der Waals surface area contributed by atoms with Crippen LogP contribution in [-0.2, 0) is 16.1 Å². The number of carbonyl (C=O) groups is 1. The van der Waals surface area contributed by atoms with Crippen molar-refractivity contribution in [2.24, 2.45) is 5.73 Å². The molecule has 1 aromatic heterocycles. The van der Waals surface area contributed by atoms with Gasteiger partial charge < -0.3 is 15.0 Å². The van der Waals surface area contributed by atoms with Crippen molar-refractivity contribution < 1.29 is 9.53 Å². The summed E-state index contributed by atoms with van der Waals surface area (Å²) < 4.78 is 6.77. The second-order valence-electron chi connectivity index (χ2n) is 3.58. The van der Waals surface area contributed by atoms with Crippen molar-refractivity contribution in [3.05, 3.63) is 18.2 Å². The zero-order valence-corrected chi connectivity index (χ0v) is 9.85. The number of aryl methyl sites for hydroxylation is 1. The minimum absolute atomic E-state index is 0.0234. The van der Waals surface area contributed by atoms with E-state index in [9.17, 15) is 4.79 Å². The number of nitrogens with two attached hydrogens (primary N) is 1.